The van der Waals surface area contributed by atoms with Gasteiger partial charge in [0.1, 0.15) is 24.4 Å². The van der Waals surface area contributed by atoms with Gasteiger partial charge < -0.3 is 40.3 Å². The fourth-order valence-corrected chi connectivity index (χ4v) is 8.83. The smallest absolute Gasteiger partial charge is 0.220 e. The summed E-state index contributed by atoms with van der Waals surface area (Å²) in [6.45, 7) is 3.77. The summed E-state index contributed by atoms with van der Waals surface area (Å²) in [5, 5.41) is 54.4. The van der Waals surface area contributed by atoms with Crippen LogP contribution in [0.4, 0.5) is 0 Å². The average Bonchev–Trinajstić information content (AvgIpc) is 3.33. The Labute approximate surface area is 412 Å². The first-order chi connectivity index (χ1) is 32.8. The molecule has 9 heteroatoms. The van der Waals surface area contributed by atoms with Crippen molar-refractivity contribution in [2.24, 2.45) is 0 Å². The fourth-order valence-electron chi connectivity index (χ4n) is 8.83. The number of unbranched alkanes of at least 4 members (excludes halogenated alkanes) is 32. The zero-order valence-corrected chi connectivity index (χ0v) is 43.4. The molecule has 392 valence electrons. The molecule has 1 amide bonds. The lowest BCUT2D eigenvalue weighted by Crippen LogP contribution is -2.60. The van der Waals surface area contributed by atoms with E-state index < -0.39 is 49.5 Å². The second-order valence-corrected chi connectivity index (χ2v) is 19.7. The van der Waals surface area contributed by atoms with E-state index in [1.54, 1.807) is 6.08 Å². The van der Waals surface area contributed by atoms with Crippen molar-refractivity contribution in [1.82, 2.24) is 5.32 Å². The second kappa shape index (κ2) is 47.8. The number of hydrogen-bond acceptors (Lipinski definition) is 8. The second-order valence-electron chi connectivity index (χ2n) is 19.7. The molecule has 0 saturated carbocycles. The Balaban J connectivity index is 2.28. The number of carbonyl (C=O) groups is 1. The Morgan fingerprint density at radius 3 is 1.25 bits per heavy atom. The number of rotatable bonds is 48. The van der Waals surface area contributed by atoms with Crippen LogP contribution in [0.5, 0.6) is 0 Å². The lowest BCUT2D eigenvalue weighted by atomic mass is 9.99. The minimum Gasteiger partial charge on any atom is -0.394 e. The van der Waals surface area contributed by atoms with Crippen LogP contribution in [0.15, 0.2) is 48.6 Å². The SMILES string of the molecule is CCCCCCCC/C=C\CCCCCCCCCCCC(=O)NC(COC1OC(CO)C(O)C(O)C1O)C(O)/C=C/CC/C=C/CC/C=C/CCCCCCCCCCCCCCCCC. The van der Waals surface area contributed by atoms with Crippen LogP contribution in [0.25, 0.3) is 0 Å². The summed E-state index contributed by atoms with van der Waals surface area (Å²) in [5.74, 6) is -0.192. The van der Waals surface area contributed by atoms with Gasteiger partial charge >= 0.3 is 0 Å². The third-order valence-electron chi connectivity index (χ3n) is 13.4. The molecule has 0 aromatic carbocycles. The molecule has 1 aliphatic rings. The molecule has 7 unspecified atom stereocenters. The van der Waals surface area contributed by atoms with Gasteiger partial charge in [-0.25, -0.2) is 0 Å². The van der Waals surface area contributed by atoms with Crippen molar-refractivity contribution in [3.63, 3.8) is 0 Å². The Morgan fingerprint density at radius 2 is 0.851 bits per heavy atom. The van der Waals surface area contributed by atoms with Gasteiger partial charge in [0.15, 0.2) is 6.29 Å². The van der Waals surface area contributed by atoms with Crippen molar-refractivity contribution >= 4 is 5.91 Å². The third kappa shape index (κ3) is 37.6. The highest BCUT2D eigenvalue weighted by molar-refractivity contribution is 5.76. The molecule has 9 nitrogen and oxygen atoms in total. The molecule has 0 spiro atoms. The highest BCUT2D eigenvalue weighted by Gasteiger charge is 2.44. The van der Waals surface area contributed by atoms with Crippen molar-refractivity contribution in [2.75, 3.05) is 13.2 Å². The maximum absolute atomic E-state index is 13.0. The summed E-state index contributed by atoms with van der Waals surface area (Å²) in [4.78, 5) is 13.0. The molecule has 7 atom stereocenters. The normalized spacial score (nSPS) is 20.0. The minimum absolute atomic E-state index is 0.192. The van der Waals surface area contributed by atoms with E-state index in [-0.39, 0.29) is 12.5 Å². The highest BCUT2D eigenvalue weighted by Crippen LogP contribution is 2.23. The van der Waals surface area contributed by atoms with Crippen molar-refractivity contribution in [3.05, 3.63) is 48.6 Å². The van der Waals surface area contributed by atoms with E-state index in [2.05, 4.69) is 55.6 Å². The zero-order valence-electron chi connectivity index (χ0n) is 43.4. The predicted octanol–water partition coefficient (Wildman–Crippen LogP) is 13.7. The first-order valence-corrected chi connectivity index (χ1v) is 28.4. The van der Waals surface area contributed by atoms with Crippen molar-refractivity contribution in [2.45, 2.75) is 301 Å². The van der Waals surface area contributed by atoms with E-state index in [4.69, 9.17) is 9.47 Å². The number of ether oxygens (including phenoxy) is 2. The Morgan fingerprint density at radius 1 is 0.493 bits per heavy atom. The van der Waals surface area contributed by atoms with Crippen LogP contribution in [0.1, 0.15) is 258 Å². The molecule has 0 aromatic heterocycles. The lowest BCUT2D eigenvalue weighted by Gasteiger charge is -2.40. The zero-order chi connectivity index (χ0) is 48.7. The maximum Gasteiger partial charge on any atom is 0.220 e. The largest absolute Gasteiger partial charge is 0.394 e. The molecule has 1 fully saturated rings. The predicted molar refractivity (Wildman–Crippen MR) is 281 cm³/mol. The van der Waals surface area contributed by atoms with Gasteiger partial charge in [0.05, 0.1) is 25.4 Å². The Hall–Kier alpha value is -1.85. The number of hydrogen-bond donors (Lipinski definition) is 6. The van der Waals surface area contributed by atoms with Crippen LogP contribution in [-0.4, -0.2) is 87.5 Å². The number of nitrogens with one attached hydrogen (secondary N) is 1. The summed E-state index contributed by atoms with van der Waals surface area (Å²) in [6.07, 6.45) is 56.0. The van der Waals surface area contributed by atoms with Gasteiger partial charge in [0.25, 0.3) is 0 Å². The van der Waals surface area contributed by atoms with E-state index in [0.29, 0.717) is 6.42 Å². The van der Waals surface area contributed by atoms with E-state index >= 15 is 0 Å². The third-order valence-corrected chi connectivity index (χ3v) is 13.4. The van der Waals surface area contributed by atoms with Gasteiger partial charge in [-0.15, -0.1) is 0 Å². The van der Waals surface area contributed by atoms with Crippen molar-refractivity contribution in [1.29, 1.82) is 0 Å². The van der Waals surface area contributed by atoms with Crippen LogP contribution >= 0.6 is 0 Å². The molecule has 0 bridgehead atoms. The summed E-state index contributed by atoms with van der Waals surface area (Å²) >= 11 is 0. The lowest BCUT2D eigenvalue weighted by molar-refractivity contribution is -0.302. The molecule has 0 radical (unpaired) electrons. The molecule has 6 N–H and O–H groups in total. The number of aliphatic hydroxyl groups excluding tert-OH is 5. The van der Waals surface area contributed by atoms with Gasteiger partial charge in [-0.3, -0.25) is 4.79 Å². The van der Waals surface area contributed by atoms with E-state index in [1.807, 2.05) is 6.08 Å². The number of amides is 1. The standard InChI is InChI=1S/C58H107NO8/c1-3-5-7-9-11-13-15-17-19-21-23-24-25-26-27-28-30-31-33-35-37-39-41-43-45-47-52(61)51(50-66-58-57(65)56(64)55(63)53(49-60)67-58)59-54(62)48-46-44-42-40-38-36-34-32-29-22-20-18-16-14-12-10-8-6-4-2/h18,20,30-31,37,39,45,47,51-53,55-58,60-61,63-65H,3-17,19,21-29,32-36,38,40-44,46,48-50H2,1-2H3,(H,59,62)/b20-18-,31-30+,39-37+,47-45+. The van der Waals surface area contributed by atoms with Gasteiger partial charge in [-0.2, -0.15) is 0 Å². The summed E-state index contributed by atoms with van der Waals surface area (Å²) in [6, 6.07) is -0.830. The first-order valence-electron chi connectivity index (χ1n) is 28.4. The highest BCUT2D eigenvalue weighted by atomic mass is 16.7. The van der Waals surface area contributed by atoms with Crippen LogP contribution in [-0.2, 0) is 14.3 Å². The Kier molecular flexibility index (Phi) is 45.1. The molecule has 1 saturated heterocycles. The first kappa shape index (κ1) is 63.2. The number of carbonyl (C=O) groups excluding carboxylic acids is 1. The summed E-state index contributed by atoms with van der Waals surface area (Å²) < 4.78 is 11.2. The van der Waals surface area contributed by atoms with Crippen LogP contribution < -0.4 is 5.32 Å². The quantitative estimate of drug-likeness (QED) is 0.0261. The fraction of sp³-hybridized carbons (Fsp3) is 0.845. The molecular weight excluding hydrogens is 839 g/mol. The Bertz CT molecular complexity index is 1190. The molecule has 67 heavy (non-hydrogen) atoms. The van der Waals surface area contributed by atoms with Crippen LogP contribution in [0.2, 0.25) is 0 Å². The molecule has 1 heterocycles. The molecule has 1 rings (SSSR count). The monoisotopic (exact) mass is 946 g/mol. The average molecular weight is 946 g/mol. The van der Waals surface area contributed by atoms with Gasteiger partial charge in [-0.1, -0.05) is 229 Å². The molecule has 0 aromatic rings. The van der Waals surface area contributed by atoms with Crippen molar-refractivity contribution in [3.8, 4) is 0 Å². The minimum atomic E-state index is -1.58. The number of aliphatic hydroxyl groups is 5. The maximum atomic E-state index is 13.0. The summed E-state index contributed by atoms with van der Waals surface area (Å²) in [7, 11) is 0. The van der Waals surface area contributed by atoms with Gasteiger partial charge in [0.2, 0.25) is 5.91 Å². The molecule has 1 aliphatic heterocycles. The van der Waals surface area contributed by atoms with Crippen LogP contribution in [0.3, 0.4) is 0 Å². The van der Waals surface area contributed by atoms with E-state index in [1.165, 1.54) is 193 Å². The topological polar surface area (TPSA) is 149 Å². The summed E-state index contributed by atoms with van der Waals surface area (Å²) in [5.41, 5.74) is 0. The van der Waals surface area contributed by atoms with Gasteiger partial charge in [0, 0.05) is 6.42 Å². The van der Waals surface area contributed by atoms with E-state index in [0.717, 1.165) is 44.9 Å². The number of allylic oxidation sites excluding steroid dienone is 7. The van der Waals surface area contributed by atoms with Crippen molar-refractivity contribution < 1.29 is 39.8 Å². The molecule has 0 aliphatic carbocycles. The van der Waals surface area contributed by atoms with Crippen LogP contribution in [0, 0.1) is 0 Å². The molecular formula is C58H107NO8. The van der Waals surface area contributed by atoms with E-state index in [9.17, 15) is 30.3 Å². The van der Waals surface area contributed by atoms with Gasteiger partial charge in [-0.05, 0) is 70.6 Å².